The monoisotopic (exact) mass is 328 g/mol. The number of primary amides is 1. The molecule has 1 heterocycles. The van der Waals surface area contributed by atoms with E-state index in [-0.39, 0.29) is 15.0 Å². The molecule has 0 aliphatic carbocycles. The van der Waals surface area contributed by atoms with Gasteiger partial charge in [0, 0.05) is 6.07 Å². The lowest BCUT2D eigenvalue weighted by molar-refractivity contribution is 0.0994. The van der Waals surface area contributed by atoms with Gasteiger partial charge in [0.05, 0.1) is 7.11 Å². The molecule has 0 saturated carbocycles. The summed E-state index contributed by atoms with van der Waals surface area (Å²) < 4.78 is 29.6. The van der Waals surface area contributed by atoms with Crippen LogP contribution in [-0.4, -0.2) is 18.0 Å². The Morgan fingerprint density at radius 2 is 2.27 bits per heavy atom. The highest BCUT2D eigenvalue weighted by Gasteiger charge is 2.19. The van der Waals surface area contributed by atoms with E-state index in [1.165, 1.54) is 7.11 Å². The van der Waals surface area contributed by atoms with Crippen molar-refractivity contribution in [2.75, 3.05) is 7.11 Å². The summed E-state index contributed by atoms with van der Waals surface area (Å²) in [5, 5.41) is 0. The van der Waals surface area contributed by atoms with E-state index in [0.717, 1.165) is 6.07 Å². The molecule has 0 aliphatic heterocycles. The van der Waals surface area contributed by atoms with Crippen molar-refractivity contribution in [2.45, 2.75) is 6.43 Å². The standard InChI is InChI=1S/C8H7F2IN2O2/c1-15-4-2-3(6(9)10)13-7(11)5(4)8(12)14/h2,6H,1H3,(H2,12,14). The second-order valence-electron chi connectivity index (χ2n) is 2.58. The molecule has 1 rings (SSSR count). The number of hydrogen-bond acceptors (Lipinski definition) is 3. The first kappa shape index (κ1) is 12.1. The van der Waals surface area contributed by atoms with Gasteiger partial charge in [-0.2, -0.15) is 0 Å². The molecule has 0 bridgehead atoms. The quantitative estimate of drug-likeness (QED) is 0.679. The van der Waals surface area contributed by atoms with Crippen LogP contribution in [-0.2, 0) is 0 Å². The number of carbonyl (C=O) groups is 1. The van der Waals surface area contributed by atoms with Gasteiger partial charge in [0.25, 0.3) is 12.3 Å². The molecule has 0 saturated heterocycles. The zero-order valence-corrected chi connectivity index (χ0v) is 9.79. The molecule has 0 fully saturated rings. The molecule has 2 N–H and O–H groups in total. The molecule has 1 aromatic rings. The lowest BCUT2D eigenvalue weighted by Gasteiger charge is -2.09. The molecule has 0 unspecified atom stereocenters. The van der Waals surface area contributed by atoms with E-state index >= 15 is 0 Å². The lowest BCUT2D eigenvalue weighted by atomic mass is 10.2. The number of aromatic nitrogens is 1. The molecule has 1 aromatic heterocycles. The Morgan fingerprint density at radius 1 is 1.67 bits per heavy atom. The largest absolute Gasteiger partial charge is 0.496 e. The number of ether oxygens (including phenoxy) is 1. The third-order valence-electron chi connectivity index (χ3n) is 1.65. The molecular weight excluding hydrogens is 321 g/mol. The number of nitrogens with two attached hydrogens (primary N) is 1. The summed E-state index contributed by atoms with van der Waals surface area (Å²) >= 11 is 1.66. The van der Waals surface area contributed by atoms with Crippen molar-refractivity contribution >= 4 is 28.5 Å². The van der Waals surface area contributed by atoms with Gasteiger partial charge >= 0.3 is 0 Å². The van der Waals surface area contributed by atoms with Crippen LogP contribution in [0.3, 0.4) is 0 Å². The summed E-state index contributed by atoms with van der Waals surface area (Å²) in [6.45, 7) is 0. The number of nitrogens with zero attached hydrogens (tertiary/aromatic N) is 1. The van der Waals surface area contributed by atoms with Gasteiger partial charge in [-0.05, 0) is 22.6 Å². The molecule has 4 nitrogen and oxygen atoms in total. The van der Waals surface area contributed by atoms with Gasteiger partial charge in [0.15, 0.2) is 0 Å². The molecule has 15 heavy (non-hydrogen) atoms. The number of halogens is 3. The minimum Gasteiger partial charge on any atom is -0.496 e. The lowest BCUT2D eigenvalue weighted by Crippen LogP contribution is -2.16. The topological polar surface area (TPSA) is 65.2 Å². The molecule has 1 amide bonds. The van der Waals surface area contributed by atoms with Crippen molar-refractivity contribution in [3.05, 3.63) is 21.0 Å². The average molecular weight is 328 g/mol. The van der Waals surface area contributed by atoms with Gasteiger partial charge in [0.2, 0.25) is 0 Å². The second-order valence-corrected chi connectivity index (χ2v) is 3.60. The normalized spacial score (nSPS) is 10.5. The number of pyridine rings is 1. The first-order valence-electron chi connectivity index (χ1n) is 3.79. The maximum atomic E-state index is 12.4. The molecular formula is C8H7F2IN2O2. The number of amides is 1. The minimum atomic E-state index is -2.71. The molecule has 0 radical (unpaired) electrons. The van der Waals surface area contributed by atoms with E-state index in [1.54, 1.807) is 22.6 Å². The van der Waals surface area contributed by atoms with Crippen molar-refractivity contribution < 1.29 is 18.3 Å². The summed E-state index contributed by atoms with van der Waals surface area (Å²) in [5.41, 5.74) is 4.64. The predicted molar refractivity (Wildman–Crippen MR) is 57.0 cm³/mol. The van der Waals surface area contributed by atoms with Crippen molar-refractivity contribution in [3.63, 3.8) is 0 Å². The smallest absolute Gasteiger partial charge is 0.280 e. The molecule has 0 atom stereocenters. The maximum Gasteiger partial charge on any atom is 0.280 e. The summed E-state index contributed by atoms with van der Waals surface area (Å²) in [6.07, 6.45) is -2.71. The highest BCUT2D eigenvalue weighted by molar-refractivity contribution is 14.1. The van der Waals surface area contributed by atoms with Crippen molar-refractivity contribution in [2.24, 2.45) is 5.73 Å². The number of alkyl halides is 2. The fraction of sp³-hybridized carbons (Fsp3) is 0.250. The molecule has 0 spiro atoms. The van der Waals surface area contributed by atoms with Crippen LogP contribution in [0.4, 0.5) is 8.78 Å². The summed E-state index contributed by atoms with van der Waals surface area (Å²) in [6, 6.07) is 1.01. The van der Waals surface area contributed by atoms with E-state index in [1.807, 2.05) is 0 Å². The Balaban J connectivity index is 3.37. The number of hydrogen-bond donors (Lipinski definition) is 1. The zero-order chi connectivity index (χ0) is 11.6. The Morgan fingerprint density at radius 3 is 2.67 bits per heavy atom. The Bertz CT molecular complexity index is 398. The van der Waals surface area contributed by atoms with Crippen LogP contribution in [0, 0.1) is 3.70 Å². The summed E-state index contributed by atoms with van der Waals surface area (Å²) in [4.78, 5) is 14.6. The Labute approximate surface area is 98.0 Å². The van der Waals surface area contributed by atoms with Gasteiger partial charge in [-0.3, -0.25) is 4.79 Å². The van der Waals surface area contributed by atoms with E-state index in [0.29, 0.717) is 0 Å². The van der Waals surface area contributed by atoms with Crippen LogP contribution in [0.25, 0.3) is 0 Å². The van der Waals surface area contributed by atoms with Gasteiger partial charge in [-0.15, -0.1) is 0 Å². The summed E-state index contributed by atoms with van der Waals surface area (Å²) in [7, 11) is 1.27. The molecule has 7 heteroatoms. The Hall–Kier alpha value is -0.990. The zero-order valence-electron chi connectivity index (χ0n) is 7.63. The molecule has 0 aromatic carbocycles. The molecule has 82 valence electrons. The average Bonchev–Trinajstić information content (AvgIpc) is 2.15. The van der Waals surface area contributed by atoms with Crippen LogP contribution in [0.5, 0.6) is 5.75 Å². The van der Waals surface area contributed by atoms with Gasteiger partial charge in [-0.25, -0.2) is 13.8 Å². The first-order valence-corrected chi connectivity index (χ1v) is 4.87. The Kier molecular flexibility index (Phi) is 3.77. The first-order chi connectivity index (χ1) is 6.97. The highest BCUT2D eigenvalue weighted by Crippen LogP contribution is 2.27. The van der Waals surface area contributed by atoms with Crippen LogP contribution < -0.4 is 10.5 Å². The van der Waals surface area contributed by atoms with Crippen LogP contribution >= 0.6 is 22.6 Å². The predicted octanol–water partition coefficient (Wildman–Crippen LogP) is 1.73. The third-order valence-corrected chi connectivity index (χ3v) is 2.43. The van der Waals surface area contributed by atoms with Crippen molar-refractivity contribution in [1.29, 1.82) is 0 Å². The molecule has 0 aliphatic rings. The van der Waals surface area contributed by atoms with Crippen LogP contribution in [0.15, 0.2) is 6.07 Å². The van der Waals surface area contributed by atoms with Gasteiger partial charge in [-0.1, -0.05) is 0 Å². The van der Waals surface area contributed by atoms with E-state index in [4.69, 9.17) is 10.5 Å². The minimum absolute atomic E-state index is 0.0113. The van der Waals surface area contributed by atoms with Gasteiger partial charge < -0.3 is 10.5 Å². The SMILES string of the molecule is COc1cc(C(F)F)nc(I)c1C(N)=O. The van der Waals surface area contributed by atoms with Crippen molar-refractivity contribution in [1.82, 2.24) is 4.98 Å². The van der Waals surface area contributed by atoms with Crippen LogP contribution in [0.1, 0.15) is 22.5 Å². The van der Waals surface area contributed by atoms with E-state index in [2.05, 4.69) is 4.98 Å². The third kappa shape index (κ3) is 2.52. The van der Waals surface area contributed by atoms with Gasteiger partial charge in [0.1, 0.15) is 20.7 Å². The fourth-order valence-corrected chi connectivity index (χ4v) is 1.82. The number of carbonyl (C=O) groups excluding carboxylic acids is 1. The second kappa shape index (κ2) is 4.69. The number of methoxy groups -OCH3 is 1. The fourth-order valence-electron chi connectivity index (χ4n) is 1.01. The highest BCUT2D eigenvalue weighted by atomic mass is 127. The maximum absolute atomic E-state index is 12.4. The van der Waals surface area contributed by atoms with E-state index in [9.17, 15) is 13.6 Å². The summed E-state index contributed by atoms with van der Waals surface area (Å²) in [5.74, 6) is -0.748. The van der Waals surface area contributed by atoms with Crippen molar-refractivity contribution in [3.8, 4) is 5.75 Å². The van der Waals surface area contributed by atoms with E-state index < -0.39 is 18.0 Å². The number of rotatable bonds is 3. The van der Waals surface area contributed by atoms with Crippen LogP contribution in [0.2, 0.25) is 0 Å².